The number of morpholine rings is 1. The van der Waals surface area contributed by atoms with Gasteiger partial charge in [-0.3, -0.25) is 9.10 Å². The van der Waals surface area contributed by atoms with Gasteiger partial charge in [0, 0.05) is 25.7 Å². The van der Waals surface area contributed by atoms with E-state index < -0.39 is 10.0 Å². The van der Waals surface area contributed by atoms with Crippen LogP contribution >= 0.6 is 0 Å². The van der Waals surface area contributed by atoms with Crippen LogP contribution in [0.25, 0.3) is 6.08 Å². The lowest BCUT2D eigenvalue weighted by Gasteiger charge is -2.25. The number of hydrogen-bond acceptors (Lipinski definition) is 4. The molecule has 1 aromatic carbocycles. The molecule has 0 radical (unpaired) electrons. The van der Waals surface area contributed by atoms with Gasteiger partial charge in [0.2, 0.25) is 15.9 Å². The zero-order valence-electron chi connectivity index (χ0n) is 12.8. The van der Waals surface area contributed by atoms with E-state index >= 15 is 0 Å². The summed E-state index contributed by atoms with van der Waals surface area (Å²) >= 11 is 0. The van der Waals surface area contributed by atoms with Crippen molar-refractivity contribution in [3.63, 3.8) is 0 Å². The first kappa shape index (κ1) is 16.0. The van der Waals surface area contributed by atoms with Crippen molar-refractivity contribution in [2.45, 2.75) is 6.42 Å². The molecule has 0 N–H and O–H groups in total. The van der Waals surface area contributed by atoms with Gasteiger partial charge in [0.15, 0.2) is 0 Å². The zero-order valence-corrected chi connectivity index (χ0v) is 13.7. The second-order valence-corrected chi connectivity index (χ2v) is 7.62. The van der Waals surface area contributed by atoms with Crippen molar-refractivity contribution in [1.82, 2.24) is 4.90 Å². The molecule has 0 aromatic heterocycles. The van der Waals surface area contributed by atoms with Gasteiger partial charge in [0.25, 0.3) is 0 Å². The summed E-state index contributed by atoms with van der Waals surface area (Å²) < 4.78 is 30.4. The van der Waals surface area contributed by atoms with E-state index in [0.29, 0.717) is 45.0 Å². The highest BCUT2D eigenvalue weighted by Crippen LogP contribution is 2.24. The van der Waals surface area contributed by atoms with Gasteiger partial charge in [0.1, 0.15) is 0 Å². The Morgan fingerprint density at radius 2 is 1.78 bits per heavy atom. The summed E-state index contributed by atoms with van der Waals surface area (Å²) in [6.07, 6.45) is 3.96. The summed E-state index contributed by atoms with van der Waals surface area (Å²) in [5, 5.41) is 0. The van der Waals surface area contributed by atoms with Crippen molar-refractivity contribution >= 4 is 27.7 Å². The average Bonchev–Trinajstić information content (AvgIpc) is 2.93. The second kappa shape index (κ2) is 6.72. The van der Waals surface area contributed by atoms with Crippen molar-refractivity contribution in [3.05, 3.63) is 35.9 Å². The fraction of sp³-hybridized carbons (Fsp3) is 0.438. The number of benzene rings is 1. The Balaban J connectivity index is 1.65. The molecule has 2 aliphatic rings. The summed E-state index contributed by atoms with van der Waals surface area (Å²) in [6.45, 7) is 2.94. The van der Waals surface area contributed by atoms with Crippen LogP contribution in [-0.4, -0.2) is 57.8 Å². The second-order valence-electron chi connectivity index (χ2n) is 5.60. The molecule has 0 unspecified atom stereocenters. The molecule has 3 rings (SSSR count). The average molecular weight is 336 g/mol. The molecule has 2 heterocycles. The van der Waals surface area contributed by atoms with Crippen LogP contribution in [0.3, 0.4) is 0 Å². The van der Waals surface area contributed by atoms with Crippen LogP contribution in [0.1, 0.15) is 12.0 Å². The van der Waals surface area contributed by atoms with Crippen LogP contribution in [0, 0.1) is 0 Å². The van der Waals surface area contributed by atoms with Crippen molar-refractivity contribution in [2.24, 2.45) is 0 Å². The van der Waals surface area contributed by atoms with E-state index in [2.05, 4.69) is 0 Å². The molecular formula is C16H20N2O4S. The minimum atomic E-state index is -3.15. The minimum Gasteiger partial charge on any atom is -0.378 e. The Morgan fingerprint density at radius 3 is 2.39 bits per heavy atom. The Hall–Kier alpha value is -1.86. The third-order valence-electron chi connectivity index (χ3n) is 4.02. The molecule has 1 aromatic rings. The van der Waals surface area contributed by atoms with Crippen LogP contribution in [0.15, 0.2) is 30.3 Å². The summed E-state index contributed by atoms with van der Waals surface area (Å²) in [5.74, 6) is 0.183. The molecule has 1 amide bonds. The van der Waals surface area contributed by atoms with Gasteiger partial charge < -0.3 is 9.64 Å². The van der Waals surface area contributed by atoms with E-state index in [1.54, 1.807) is 29.2 Å². The van der Waals surface area contributed by atoms with Crippen LogP contribution in [0.5, 0.6) is 0 Å². The van der Waals surface area contributed by atoms with Gasteiger partial charge in [0.05, 0.1) is 24.7 Å². The number of carbonyl (C=O) groups excluding carboxylic acids is 1. The maximum Gasteiger partial charge on any atom is 0.246 e. The molecule has 0 spiro atoms. The first-order valence-corrected chi connectivity index (χ1v) is 9.32. The van der Waals surface area contributed by atoms with Crippen molar-refractivity contribution in [1.29, 1.82) is 0 Å². The summed E-state index contributed by atoms with van der Waals surface area (Å²) in [7, 11) is -3.15. The lowest BCUT2D eigenvalue weighted by Crippen LogP contribution is -2.39. The summed E-state index contributed by atoms with van der Waals surface area (Å²) in [5.41, 5.74) is 1.55. The normalized spacial score (nSPS) is 21.0. The fourth-order valence-electron chi connectivity index (χ4n) is 2.74. The van der Waals surface area contributed by atoms with Crippen molar-refractivity contribution < 1.29 is 17.9 Å². The lowest BCUT2D eigenvalue weighted by atomic mass is 10.2. The monoisotopic (exact) mass is 336 g/mol. The Morgan fingerprint density at radius 1 is 1.09 bits per heavy atom. The number of rotatable bonds is 3. The Kier molecular flexibility index (Phi) is 4.68. The molecule has 0 aliphatic carbocycles. The lowest BCUT2D eigenvalue weighted by molar-refractivity contribution is -0.129. The van der Waals surface area contributed by atoms with E-state index in [4.69, 9.17) is 4.74 Å². The van der Waals surface area contributed by atoms with Gasteiger partial charge in [-0.15, -0.1) is 0 Å². The maximum atomic E-state index is 12.0. The summed E-state index contributed by atoms with van der Waals surface area (Å²) in [6, 6.07) is 7.21. The highest BCUT2D eigenvalue weighted by atomic mass is 32.2. The van der Waals surface area contributed by atoms with Crippen LogP contribution in [0.2, 0.25) is 0 Å². The number of anilines is 1. The van der Waals surface area contributed by atoms with Gasteiger partial charge in [-0.05, 0) is 30.2 Å². The predicted molar refractivity (Wildman–Crippen MR) is 88.6 cm³/mol. The zero-order chi connectivity index (χ0) is 16.3. The molecule has 2 aliphatic heterocycles. The number of amides is 1. The van der Waals surface area contributed by atoms with Gasteiger partial charge >= 0.3 is 0 Å². The van der Waals surface area contributed by atoms with Gasteiger partial charge in [-0.2, -0.15) is 0 Å². The third kappa shape index (κ3) is 3.73. The molecule has 23 heavy (non-hydrogen) atoms. The Labute approximate surface area is 136 Å². The quantitative estimate of drug-likeness (QED) is 0.775. The number of ether oxygens (including phenoxy) is 1. The number of nitrogens with zero attached hydrogens (tertiary/aromatic N) is 2. The number of sulfonamides is 1. The van der Waals surface area contributed by atoms with Gasteiger partial charge in [-0.25, -0.2) is 8.42 Å². The van der Waals surface area contributed by atoms with E-state index in [-0.39, 0.29) is 11.7 Å². The molecule has 124 valence electrons. The number of carbonyl (C=O) groups is 1. The van der Waals surface area contributed by atoms with Gasteiger partial charge in [-0.1, -0.05) is 12.1 Å². The van der Waals surface area contributed by atoms with Crippen molar-refractivity contribution in [3.8, 4) is 0 Å². The van der Waals surface area contributed by atoms with E-state index in [1.807, 2.05) is 12.1 Å². The Bertz CT molecular complexity index is 691. The SMILES string of the molecule is O=C(/C=C/c1ccc(N2CCCS2(=O)=O)cc1)N1CCOCC1. The topological polar surface area (TPSA) is 66.9 Å². The maximum absolute atomic E-state index is 12.0. The predicted octanol–water partition coefficient (Wildman–Crippen LogP) is 1.10. The molecule has 0 bridgehead atoms. The van der Waals surface area contributed by atoms with Crippen LogP contribution in [-0.2, 0) is 19.6 Å². The molecule has 2 saturated heterocycles. The molecular weight excluding hydrogens is 316 g/mol. The number of hydrogen-bond donors (Lipinski definition) is 0. The van der Waals surface area contributed by atoms with E-state index in [0.717, 1.165) is 5.56 Å². The smallest absolute Gasteiger partial charge is 0.246 e. The molecule has 0 atom stereocenters. The minimum absolute atomic E-state index is 0.0282. The molecule has 0 saturated carbocycles. The highest BCUT2D eigenvalue weighted by Gasteiger charge is 2.28. The van der Waals surface area contributed by atoms with E-state index in [1.165, 1.54) is 4.31 Å². The largest absolute Gasteiger partial charge is 0.378 e. The first-order valence-electron chi connectivity index (χ1n) is 7.71. The van der Waals surface area contributed by atoms with Crippen LogP contribution < -0.4 is 4.31 Å². The van der Waals surface area contributed by atoms with E-state index in [9.17, 15) is 13.2 Å². The molecule has 6 nitrogen and oxygen atoms in total. The van der Waals surface area contributed by atoms with Crippen molar-refractivity contribution in [2.75, 3.05) is 42.9 Å². The molecule has 2 fully saturated rings. The highest BCUT2D eigenvalue weighted by molar-refractivity contribution is 7.93. The summed E-state index contributed by atoms with van der Waals surface area (Å²) in [4.78, 5) is 13.8. The first-order chi connectivity index (χ1) is 11.1. The fourth-order valence-corrected chi connectivity index (χ4v) is 4.30. The van der Waals surface area contributed by atoms with Crippen LogP contribution in [0.4, 0.5) is 5.69 Å². The third-order valence-corrected chi connectivity index (χ3v) is 5.89. The standard InChI is InChI=1S/C16H20N2O4S/c19-16(17-9-11-22-12-10-17)7-4-14-2-5-15(6-3-14)18-8-1-13-23(18,20)21/h2-7H,1,8-13H2/b7-4+. The molecule has 7 heteroatoms.